The van der Waals surface area contributed by atoms with E-state index in [1.165, 1.54) is 7.11 Å². The van der Waals surface area contributed by atoms with Crippen LogP contribution in [0.1, 0.15) is 19.3 Å². The molecule has 1 saturated heterocycles. The van der Waals surface area contributed by atoms with Crippen LogP contribution >= 0.6 is 15.9 Å². The Bertz CT molecular complexity index is 521. The van der Waals surface area contributed by atoms with Gasteiger partial charge in [0.15, 0.2) is 0 Å². The Hall–Kier alpha value is -1.40. The molecule has 1 fully saturated rings. The lowest BCUT2D eigenvalue weighted by Gasteiger charge is -2.33. The summed E-state index contributed by atoms with van der Waals surface area (Å²) < 4.78 is 5.65. The van der Waals surface area contributed by atoms with Crippen LogP contribution in [0.3, 0.4) is 0 Å². The summed E-state index contributed by atoms with van der Waals surface area (Å²) in [5, 5.41) is 2.86. The van der Waals surface area contributed by atoms with Crippen LogP contribution in [0.15, 0.2) is 28.7 Å². The second kappa shape index (κ2) is 7.56. The van der Waals surface area contributed by atoms with Crippen LogP contribution in [-0.2, 0) is 14.3 Å². The zero-order chi connectivity index (χ0) is 15.2. The molecule has 0 unspecified atom stereocenters. The molecule has 0 radical (unpaired) electrons. The number of hydrogen-bond acceptors (Lipinski definition) is 4. The maximum Gasteiger partial charge on any atom is 0.323 e. The summed E-state index contributed by atoms with van der Waals surface area (Å²) in [5.41, 5.74) is 0.731. The number of likely N-dealkylation sites (tertiary alicyclic amines) is 1. The number of amides is 1. The molecule has 0 bridgehead atoms. The summed E-state index contributed by atoms with van der Waals surface area (Å²) in [4.78, 5) is 25.8. The number of rotatable bonds is 4. The lowest BCUT2D eigenvalue weighted by Crippen LogP contribution is -2.48. The van der Waals surface area contributed by atoms with E-state index in [0.29, 0.717) is 0 Å². The van der Waals surface area contributed by atoms with Gasteiger partial charge in [-0.25, -0.2) is 0 Å². The lowest BCUT2D eigenvalue weighted by molar-refractivity contribution is -0.148. The van der Waals surface area contributed by atoms with Crippen molar-refractivity contribution in [3.63, 3.8) is 0 Å². The smallest absolute Gasteiger partial charge is 0.323 e. The summed E-state index contributed by atoms with van der Waals surface area (Å²) in [6, 6.07) is 7.13. The Balaban J connectivity index is 1.97. The number of esters is 1. The molecule has 1 aromatic carbocycles. The third-order valence-electron chi connectivity index (χ3n) is 3.58. The van der Waals surface area contributed by atoms with Gasteiger partial charge in [0, 0.05) is 4.47 Å². The molecule has 1 N–H and O–H groups in total. The molecule has 1 aromatic rings. The average molecular weight is 355 g/mol. The standard InChI is InChI=1S/C15H19BrN2O3/c1-21-15(20)13-8-4-5-9-18(13)10-14(19)17-12-7-3-2-6-11(12)16/h2-3,6-7,13H,4-5,8-10H2,1H3,(H,17,19)/t13-/m1/s1. The van der Waals surface area contributed by atoms with Crippen molar-refractivity contribution in [1.82, 2.24) is 4.90 Å². The Labute approximate surface area is 132 Å². The zero-order valence-corrected chi connectivity index (χ0v) is 13.6. The number of halogens is 1. The van der Waals surface area contributed by atoms with E-state index in [1.807, 2.05) is 29.2 Å². The molecule has 1 amide bonds. The monoisotopic (exact) mass is 354 g/mol. The first-order valence-corrected chi connectivity index (χ1v) is 7.77. The van der Waals surface area contributed by atoms with Crippen molar-refractivity contribution in [3.05, 3.63) is 28.7 Å². The van der Waals surface area contributed by atoms with Gasteiger partial charge in [0.2, 0.25) is 5.91 Å². The number of hydrogen-bond donors (Lipinski definition) is 1. The predicted octanol–water partition coefficient (Wildman–Crippen LogP) is 2.42. The Morgan fingerprint density at radius 3 is 2.86 bits per heavy atom. The summed E-state index contributed by atoms with van der Waals surface area (Å²) in [6.07, 6.45) is 2.73. The van der Waals surface area contributed by atoms with Crippen molar-refractivity contribution < 1.29 is 14.3 Å². The molecule has 6 heteroatoms. The van der Waals surface area contributed by atoms with Gasteiger partial charge in [0.25, 0.3) is 0 Å². The molecule has 114 valence electrons. The number of carbonyl (C=O) groups is 2. The van der Waals surface area contributed by atoms with Gasteiger partial charge >= 0.3 is 5.97 Å². The first-order valence-electron chi connectivity index (χ1n) is 6.98. The van der Waals surface area contributed by atoms with Crippen LogP contribution in [0.4, 0.5) is 5.69 Å². The number of anilines is 1. The quantitative estimate of drug-likeness (QED) is 0.843. The molecule has 1 atom stereocenters. The molecule has 0 saturated carbocycles. The van der Waals surface area contributed by atoms with Crippen LogP contribution < -0.4 is 5.32 Å². The van der Waals surface area contributed by atoms with Crippen LogP contribution in [-0.4, -0.2) is 43.0 Å². The SMILES string of the molecule is COC(=O)[C@H]1CCCCN1CC(=O)Nc1ccccc1Br. The number of nitrogens with one attached hydrogen (secondary N) is 1. The van der Waals surface area contributed by atoms with E-state index in [2.05, 4.69) is 21.2 Å². The summed E-state index contributed by atoms with van der Waals surface area (Å²) >= 11 is 3.39. The fourth-order valence-corrected chi connectivity index (χ4v) is 2.90. The Kier molecular flexibility index (Phi) is 5.76. The van der Waals surface area contributed by atoms with Crippen molar-refractivity contribution in [2.75, 3.05) is 25.5 Å². The normalized spacial score (nSPS) is 19.0. The van der Waals surface area contributed by atoms with E-state index in [9.17, 15) is 9.59 Å². The van der Waals surface area contributed by atoms with Crippen molar-refractivity contribution >= 4 is 33.5 Å². The highest BCUT2D eigenvalue weighted by Gasteiger charge is 2.30. The van der Waals surface area contributed by atoms with E-state index in [1.54, 1.807) is 0 Å². The van der Waals surface area contributed by atoms with Gasteiger partial charge in [-0.05, 0) is 47.4 Å². The fourth-order valence-electron chi connectivity index (χ4n) is 2.52. The van der Waals surface area contributed by atoms with Gasteiger partial charge < -0.3 is 10.1 Å². The molecular formula is C15H19BrN2O3. The third kappa shape index (κ3) is 4.28. The highest BCUT2D eigenvalue weighted by molar-refractivity contribution is 9.10. The molecule has 2 rings (SSSR count). The minimum Gasteiger partial charge on any atom is -0.468 e. The van der Waals surface area contributed by atoms with Crippen LogP contribution in [0.25, 0.3) is 0 Å². The first kappa shape index (κ1) is 16.0. The van der Waals surface area contributed by atoms with Gasteiger partial charge in [-0.3, -0.25) is 14.5 Å². The van der Waals surface area contributed by atoms with Crippen molar-refractivity contribution in [2.24, 2.45) is 0 Å². The van der Waals surface area contributed by atoms with Crippen LogP contribution in [0.2, 0.25) is 0 Å². The highest BCUT2D eigenvalue weighted by Crippen LogP contribution is 2.22. The van der Waals surface area contributed by atoms with Gasteiger partial charge in [0.05, 0.1) is 19.3 Å². The van der Waals surface area contributed by atoms with Gasteiger partial charge in [-0.15, -0.1) is 0 Å². The number of piperidine rings is 1. The largest absolute Gasteiger partial charge is 0.468 e. The second-order valence-corrected chi connectivity index (χ2v) is 5.89. The van der Waals surface area contributed by atoms with Crippen molar-refractivity contribution in [1.29, 1.82) is 0 Å². The molecule has 0 spiro atoms. The molecule has 0 aromatic heterocycles. The number of methoxy groups -OCH3 is 1. The summed E-state index contributed by atoms with van der Waals surface area (Å²) in [5.74, 6) is -0.388. The minimum absolute atomic E-state index is 0.127. The molecule has 21 heavy (non-hydrogen) atoms. The first-order chi connectivity index (χ1) is 10.1. The van der Waals surface area contributed by atoms with Crippen LogP contribution in [0.5, 0.6) is 0 Å². The maximum absolute atomic E-state index is 12.2. The highest BCUT2D eigenvalue weighted by atomic mass is 79.9. The number of benzene rings is 1. The minimum atomic E-state index is -0.311. The molecular weight excluding hydrogens is 336 g/mol. The molecule has 1 aliphatic heterocycles. The van der Waals surface area contributed by atoms with Crippen LogP contribution in [0, 0.1) is 0 Å². The molecule has 5 nitrogen and oxygen atoms in total. The van der Waals surface area contributed by atoms with Gasteiger partial charge in [-0.2, -0.15) is 0 Å². The fraction of sp³-hybridized carbons (Fsp3) is 0.467. The Morgan fingerprint density at radius 1 is 1.38 bits per heavy atom. The van der Waals surface area contributed by atoms with E-state index in [-0.39, 0.29) is 24.5 Å². The third-order valence-corrected chi connectivity index (χ3v) is 4.27. The predicted molar refractivity (Wildman–Crippen MR) is 84.0 cm³/mol. The lowest BCUT2D eigenvalue weighted by atomic mass is 10.0. The maximum atomic E-state index is 12.2. The van der Waals surface area contributed by atoms with Crippen molar-refractivity contribution in [2.45, 2.75) is 25.3 Å². The average Bonchev–Trinajstić information content (AvgIpc) is 2.49. The topological polar surface area (TPSA) is 58.6 Å². The van der Waals surface area contributed by atoms with E-state index in [0.717, 1.165) is 36.0 Å². The van der Waals surface area contributed by atoms with Crippen molar-refractivity contribution in [3.8, 4) is 0 Å². The van der Waals surface area contributed by atoms with E-state index >= 15 is 0 Å². The Morgan fingerprint density at radius 2 is 2.14 bits per heavy atom. The van der Waals surface area contributed by atoms with Gasteiger partial charge in [-0.1, -0.05) is 18.6 Å². The van der Waals surface area contributed by atoms with Gasteiger partial charge in [0.1, 0.15) is 6.04 Å². The van der Waals surface area contributed by atoms with E-state index in [4.69, 9.17) is 4.74 Å². The number of nitrogens with zero attached hydrogens (tertiary/aromatic N) is 1. The second-order valence-electron chi connectivity index (χ2n) is 5.03. The number of ether oxygens (including phenoxy) is 1. The molecule has 1 aliphatic rings. The summed E-state index contributed by atoms with van der Waals surface area (Å²) in [6.45, 7) is 0.935. The molecule has 0 aliphatic carbocycles. The zero-order valence-electron chi connectivity index (χ0n) is 12.0. The number of para-hydroxylation sites is 1. The van der Waals surface area contributed by atoms with E-state index < -0.39 is 0 Å². The molecule has 1 heterocycles. The number of carbonyl (C=O) groups excluding carboxylic acids is 2. The summed E-state index contributed by atoms with van der Waals surface area (Å²) in [7, 11) is 1.39.